The monoisotopic (exact) mass is 341 g/mol. The van der Waals surface area contributed by atoms with E-state index in [2.05, 4.69) is 21.8 Å². The van der Waals surface area contributed by atoms with Gasteiger partial charge in [0.2, 0.25) is 0 Å². The van der Waals surface area contributed by atoms with Crippen LogP contribution >= 0.6 is 0 Å². The van der Waals surface area contributed by atoms with Crippen molar-refractivity contribution in [2.24, 2.45) is 0 Å². The molecule has 0 saturated heterocycles. The second-order valence-corrected chi connectivity index (χ2v) is 6.10. The standard InChI is InChI=1S/C22H19N3O/c1-2-16-13-20-19(15-23-16)21(26)14-22(24-17-9-5-3-6-10-17)25(20)18-11-7-4-8-12-18/h3-15,24H,2H2,1H3. The molecule has 0 unspecified atom stereocenters. The molecule has 0 aliphatic carbocycles. The number of fused-ring (bicyclic) bond motifs is 1. The molecule has 1 N–H and O–H groups in total. The number of aryl methyl sites for hydroxylation is 1. The zero-order valence-electron chi connectivity index (χ0n) is 14.5. The van der Waals surface area contributed by atoms with Crippen LogP contribution in [0.1, 0.15) is 12.6 Å². The summed E-state index contributed by atoms with van der Waals surface area (Å²) in [5.41, 5.74) is 3.69. The Kier molecular flexibility index (Phi) is 4.23. The Hall–Kier alpha value is -3.40. The fourth-order valence-corrected chi connectivity index (χ4v) is 3.07. The highest BCUT2D eigenvalue weighted by atomic mass is 16.1. The van der Waals surface area contributed by atoms with Crippen molar-refractivity contribution in [3.05, 3.63) is 94.9 Å². The van der Waals surface area contributed by atoms with E-state index in [1.165, 1.54) is 0 Å². The number of hydrogen-bond acceptors (Lipinski definition) is 3. The lowest BCUT2D eigenvalue weighted by atomic mass is 10.2. The third kappa shape index (κ3) is 2.97. The minimum Gasteiger partial charge on any atom is -0.341 e. The zero-order valence-corrected chi connectivity index (χ0v) is 14.5. The van der Waals surface area contributed by atoms with E-state index in [0.717, 1.165) is 34.8 Å². The molecule has 0 saturated carbocycles. The molecule has 0 spiro atoms. The minimum absolute atomic E-state index is 0.0410. The Morgan fingerprint density at radius 3 is 2.35 bits per heavy atom. The first kappa shape index (κ1) is 16.1. The van der Waals surface area contributed by atoms with Crippen molar-refractivity contribution in [3.8, 4) is 5.69 Å². The maximum Gasteiger partial charge on any atom is 0.193 e. The number of benzene rings is 2. The van der Waals surface area contributed by atoms with Crippen molar-refractivity contribution in [2.45, 2.75) is 13.3 Å². The third-order valence-electron chi connectivity index (χ3n) is 4.38. The number of para-hydroxylation sites is 2. The van der Waals surface area contributed by atoms with Gasteiger partial charge in [0.05, 0.1) is 10.9 Å². The highest BCUT2D eigenvalue weighted by molar-refractivity contribution is 5.83. The molecule has 0 atom stereocenters. The van der Waals surface area contributed by atoms with Crippen LogP contribution in [-0.4, -0.2) is 9.55 Å². The second-order valence-electron chi connectivity index (χ2n) is 6.10. The number of pyridine rings is 2. The van der Waals surface area contributed by atoms with E-state index in [4.69, 9.17) is 0 Å². The predicted octanol–water partition coefficient (Wildman–Crippen LogP) is 4.69. The first-order chi connectivity index (χ1) is 12.8. The van der Waals surface area contributed by atoms with Gasteiger partial charge in [-0.25, -0.2) is 0 Å². The molecule has 2 heterocycles. The second kappa shape index (κ2) is 6.84. The largest absolute Gasteiger partial charge is 0.341 e. The maximum absolute atomic E-state index is 12.7. The van der Waals surface area contributed by atoms with Crippen molar-refractivity contribution < 1.29 is 0 Å². The Balaban J connectivity index is 2.02. The summed E-state index contributed by atoms with van der Waals surface area (Å²) in [5, 5.41) is 4.00. The van der Waals surface area contributed by atoms with Gasteiger partial charge in [0.25, 0.3) is 0 Å². The molecule has 26 heavy (non-hydrogen) atoms. The highest BCUT2D eigenvalue weighted by Crippen LogP contribution is 2.25. The van der Waals surface area contributed by atoms with Crippen LogP contribution in [0.5, 0.6) is 0 Å². The van der Waals surface area contributed by atoms with Crippen LogP contribution in [0.15, 0.2) is 83.8 Å². The lowest BCUT2D eigenvalue weighted by molar-refractivity contribution is 1.03. The van der Waals surface area contributed by atoms with E-state index in [-0.39, 0.29) is 5.43 Å². The summed E-state index contributed by atoms with van der Waals surface area (Å²) in [4.78, 5) is 17.1. The summed E-state index contributed by atoms with van der Waals surface area (Å²) in [7, 11) is 0. The predicted molar refractivity (Wildman–Crippen MR) is 106 cm³/mol. The molecule has 4 rings (SSSR count). The van der Waals surface area contributed by atoms with E-state index in [9.17, 15) is 4.79 Å². The quantitative estimate of drug-likeness (QED) is 0.586. The fourth-order valence-electron chi connectivity index (χ4n) is 3.07. The molecule has 4 nitrogen and oxygen atoms in total. The molecule has 0 fully saturated rings. The summed E-state index contributed by atoms with van der Waals surface area (Å²) >= 11 is 0. The van der Waals surface area contributed by atoms with Crippen LogP contribution in [0.4, 0.5) is 11.5 Å². The molecule has 0 radical (unpaired) electrons. The molecule has 128 valence electrons. The topological polar surface area (TPSA) is 46.9 Å². The van der Waals surface area contributed by atoms with Crippen LogP contribution < -0.4 is 10.7 Å². The van der Waals surface area contributed by atoms with Crippen LogP contribution in [0.25, 0.3) is 16.6 Å². The SMILES string of the molecule is CCc1cc2c(cn1)c(=O)cc(Nc1ccccc1)n2-c1ccccc1. The molecule has 0 bridgehead atoms. The molecule has 0 amide bonds. The Morgan fingerprint density at radius 2 is 1.65 bits per heavy atom. The van der Waals surface area contributed by atoms with Crippen LogP contribution in [0.2, 0.25) is 0 Å². The van der Waals surface area contributed by atoms with Crippen molar-refractivity contribution in [3.63, 3.8) is 0 Å². The van der Waals surface area contributed by atoms with E-state index >= 15 is 0 Å². The third-order valence-corrected chi connectivity index (χ3v) is 4.38. The van der Waals surface area contributed by atoms with Gasteiger partial charge in [-0.05, 0) is 36.8 Å². The van der Waals surface area contributed by atoms with E-state index in [0.29, 0.717) is 5.39 Å². The van der Waals surface area contributed by atoms with Gasteiger partial charge < -0.3 is 5.32 Å². The summed E-state index contributed by atoms with van der Waals surface area (Å²) < 4.78 is 2.07. The molecule has 2 aromatic heterocycles. The van der Waals surface area contributed by atoms with Crippen molar-refractivity contribution in [1.82, 2.24) is 9.55 Å². The van der Waals surface area contributed by atoms with E-state index < -0.39 is 0 Å². The normalized spacial score (nSPS) is 10.8. The van der Waals surface area contributed by atoms with Crippen LogP contribution in [0, 0.1) is 0 Å². The summed E-state index contributed by atoms with van der Waals surface area (Å²) in [6.45, 7) is 2.06. The molecular formula is C22H19N3O. The van der Waals surface area contributed by atoms with Crippen LogP contribution in [-0.2, 0) is 6.42 Å². The highest BCUT2D eigenvalue weighted by Gasteiger charge is 2.12. The first-order valence-electron chi connectivity index (χ1n) is 8.68. The van der Waals surface area contributed by atoms with Gasteiger partial charge in [0, 0.05) is 29.3 Å². The number of anilines is 2. The Labute approximate surface area is 151 Å². The number of nitrogens with one attached hydrogen (secondary N) is 1. The summed E-state index contributed by atoms with van der Waals surface area (Å²) in [5.74, 6) is 0.730. The van der Waals surface area contributed by atoms with Crippen molar-refractivity contribution in [2.75, 3.05) is 5.32 Å². The molecule has 4 aromatic rings. The Morgan fingerprint density at radius 1 is 0.962 bits per heavy atom. The fraction of sp³-hybridized carbons (Fsp3) is 0.0909. The number of rotatable bonds is 4. The van der Waals surface area contributed by atoms with Gasteiger partial charge >= 0.3 is 0 Å². The van der Waals surface area contributed by atoms with Gasteiger partial charge in [-0.1, -0.05) is 43.3 Å². The maximum atomic E-state index is 12.7. The van der Waals surface area contributed by atoms with Gasteiger partial charge in [-0.2, -0.15) is 0 Å². The molecule has 0 aliphatic heterocycles. The summed E-state index contributed by atoms with van der Waals surface area (Å²) in [6, 6.07) is 23.5. The molecule has 0 aliphatic rings. The van der Waals surface area contributed by atoms with Crippen LogP contribution in [0.3, 0.4) is 0 Å². The lowest BCUT2D eigenvalue weighted by Gasteiger charge is -2.18. The average Bonchev–Trinajstić information content (AvgIpc) is 2.69. The van der Waals surface area contributed by atoms with Gasteiger partial charge in [0.1, 0.15) is 5.82 Å². The number of aromatic nitrogens is 2. The molecular weight excluding hydrogens is 322 g/mol. The molecule has 4 heteroatoms. The lowest BCUT2D eigenvalue weighted by Crippen LogP contribution is -2.13. The Bertz CT molecular complexity index is 1100. The summed E-state index contributed by atoms with van der Waals surface area (Å²) in [6.07, 6.45) is 2.50. The number of hydrogen-bond donors (Lipinski definition) is 1. The number of nitrogens with zero attached hydrogens (tertiary/aromatic N) is 2. The van der Waals surface area contributed by atoms with E-state index in [1.54, 1.807) is 12.3 Å². The first-order valence-corrected chi connectivity index (χ1v) is 8.68. The smallest absolute Gasteiger partial charge is 0.193 e. The minimum atomic E-state index is -0.0410. The van der Waals surface area contributed by atoms with Crippen molar-refractivity contribution >= 4 is 22.4 Å². The van der Waals surface area contributed by atoms with Gasteiger partial charge in [-0.15, -0.1) is 0 Å². The van der Waals surface area contributed by atoms with Gasteiger partial charge in [-0.3, -0.25) is 14.3 Å². The van der Waals surface area contributed by atoms with E-state index in [1.807, 2.05) is 66.7 Å². The molecule has 2 aromatic carbocycles. The van der Waals surface area contributed by atoms with Crippen molar-refractivity contribution in [1.29, 1.82) is 0 Å². The average molecular weight is 341 g/mol. The zero-order chi connectivity index (χ0) is 17.9. The van der Waals surface area contributed by atoms with Gasteiger partial charge in [0.15, 0.2) is 5.43 Å².